The Balaban J connectivity index is 1.34. The maximum Gasteiger partial charge on any atom is 0.227 e. The normalized spacial score (nSPS) is 29.4. The average Bonchev–Trinajstić information content (AvgIpc) is 3.18. The molecule has 0 saturated carbocycles. The number of anilines is 2. The van der Waals surface area contributed by atoms with E-state index in [0.717, 1.165) is 77.2 Å². The third-order valence-corrected chi connectivity index (χ3v) is 6.19. The summed E-state index contributed by atoms with van der Waals surface area (Å²) in [6.45, 7) is 12.4. The number of rotatable bonds is 6. The standard InChI is InChI=1S/C21H35N5O2/c1-16(2)20-18(4-3-11-28-20)23-19-5-7-22-21(24-19)26-8-6-17(15-26)14-25-9-12-27-13-10-25/h5,7,16-18,20H,3-4,6,8-15H2,1-2H3,(H,22,23,24)/t17-,18+,20-/m0/s1. The molecule has 7 nitrogen and oxygen atoms in total. The highest BCUT2D eigenvalue weighted by Gasteiger charge is 2.30. The van der Waals surface area contributed by atoms with E-state index in [1.54, 1.807) is 0 Å². The van der Waals surface area contributed by atoms with Gasteiger partial charge in [0.1, 0.15) is 5.82 Å². The summed E-state index contributed by atoms with van der Waals surface area (Å²) >= 11 is 0. The minimum Gasteiger partial charge on any atom is -0.379 e. The van der Waals surface area contributed by atoms with Gasteiger partial charge in [0, 0.05) is 45.5 Å². The quantitative estimate of drug-likeness (QED) is 0.801. The smallest absolute Gasteiger partial charge is 0.227 e. The molecule has 0 unspecified atom stereocenters. The molecule has 1 aromatic rings. The molecule has 3 aliphatic heterocycles. The number of nitrogens with one attached hydrogen (secondary N) is 1. The Morgan fingerprint density at radius 2 is 2.04 bits per heavy atom. The third-order valence-electron chi connectivity index (χ3n) is 6.19. The number of aromatic nitrogens is 2. The minimum absolute atomic E-state index is 0.247. The van der Waals surface area contributed by atoms with Gasteiger partial charge >= 0.3 is 0 Å². The van der Waals surface area contributed by atoms with Crippen molar-refractivity contribution in [2.75, 3.05) is 62.8 Å². The lowest BCUT2D eigenvalue weighted by Crippen LogP contribution is -2.43. The summed E-state index contributed by atoms with van der Waals surface area (Å²) in [5.41, 5.74) is 0. The zero-order valence-corrected chi connectivity index (χ0v) is 17.3. The molecule has 0 aromatic carbocycles. The molecule has 3 aliphatic rings. The fourth-order valence-electron chi connectivity index (χ4n) is 4.70. The third kappa shape index (κ3) is 4.93. The van der Waals surface area contributed by atoms with E-state index in [4.69, 9.17) is 14.5 Å². The Bertz CT molecular complexity index is 623. The number of ether oxygens (including phenoxy) is 2. The van der Waals surface area contributed by atoms with Crippen molar-refractivity contribution in [1.82, 2.24) is 14.9 Å². The molecule has 3 saturated heterocycles. The largest absolute Gasteiger partial charge is 0.379 e. The Kier molecular flexibility index (Phi) is 6.65. The van der Waals surface area contributed by atoms with Crippen molar-refractivity contribution in [3.05, 3.63) is 12.3 Å². The van der Waals surface area contributed by atoms with Crippen LogP contribution in [0.4, 0.5) is 11.8 Å². The highest BCUT2D eigenvalue weighted by molar-refractivity contribution is 5.43. The first-order valence-electron chi connectivity index (χ1n) is 11.0. The molecule has 0 amide bonds. The summed E-state index contributed by atoms with van der Waals surface area (Å²) in [4.78, 5) is 14.3. The van der Waals surface area contributed by atoms with E-state index in [2.05, 4.69) is 33.9 Å². The Hall–Kier alpha value is -1.44. The molecule has 4 heterocycles. The van der Waals surface area contributed by atoms with Crippen LogP contribution >= 0.6 is 0 Å². The molecule has 3 fully saturated rings. The van der Waals surface area contributed by atoms with Gasteiger partial charge in [-0.1, -0.05) is 13.8 Å². The maximum absolute atomic E-state index is 6.01. The van der Waals surface area contributed by atoms with Gasteiger partial charge in [-0.3, -0.25) is 4.90 Å². The summed E-state index contributed by atoms with van der Waals surface area (Å²) in [6.07, 6.45) is 5.58. The Morgan fingerprint density at radius 1 is 1.18 bits per heavy atom. The molecule has 3 atom stereocenters. The van der Waals surface area contributed by atoms with Crippen LogP contribution < -0.4 is 10.2 Å². The van der Waals surface area contributed by atoms with Gasteiger partial charge in [-0.25, -0.2) is 4.98 Å². The van der Waals surface area contributed by atoms with E-state index >= 15 is 0 Å². The van der Waals surface area contributed by atoms with E-state index in [1.807, 2.05) is 12.3 Å². The van der Waals surface area contributed by atoms with Crippen molar-refractivity contribution >= 4 is 11.8 Å². The predicted octanol–water partition coefficient (Wildman–Crippen LogP) is 2.25. The molecule has 0 aliphatic carbocycles. The second kappa shape index (κ2) is 9.37. The highest BCUT2D eigenvalue weighted by atomic mass is 16.5. The first-order chi connectivity index (χ1) is 13.7. The van der Waals surface area contributed by atoms with Crippen molar-refractivity contribution in [3.8, 4) is 0 Å². The van der Waals surface area contributed by atoms with Crippen LogP contribution in [0.1, 0.15) is 33.1 Å². The average molecular weight is 390 g/mol. The van der Waals surface area contributed by atoms with Gasteiger partial charge in [-0.2, -0.15) is 4.98 Å². The molecule has 1 N–H and O–H groups in total. The molecular weight excluding hydrogens is 354 g/mol. The lowest BCUT2D eigenvalue weighted by atomic mass is 9.94. The van der Waals surface area contributed by atoms with Gasteiger partial charge in [0.25, 0.3) is 0 Å². The number of hydrogen-bond donors (Lipinski definition) is 1. The second-order valence-electron chi connectivity index (χ2n) is 8.73. The van der Waals surface area contributed by atoms with Crippen LogP contribution in [0.3, 0.4) is 0 Å². The molecule has 4 rings (SSSR count). The van der Waals surface area contributed by atoms with Gasteiger partial charge in [0.15, 0.2) is 0 Å². The second-order valence-corrected chi connectivity index (χ2v) is 8.73. The van der Waals surface area contributed by atoms with Crippen LogP contribution in [0.5, 0.6) is 0 Å². The van der Waals surface area contributed by atoms with Crippen molar-refractivity contribution in [2.45, 2.75) is 45.3 Å². The number of hydrogen-bond acceptors (Lipinski definition) is 7. The van der Waals surface area contributed by atoms with Crippen LogP contribution in [0.2, 0.25) is 0 Å². The van der Waals surface area contributed by atoms with Gasteiger partial charge < -0.3 is 19.7 Å². The predicted molar refractivity (Wildman–Crippen MR) is 111 cm³/mol. The molecule has 28 heavy (non-hydrogen) atoms. The Labute approximate surface area is 168 Å². The maximum atomic E-state index is 6.01. The van der Waals surface area contributed by atoms with Crippen molar-refractivity contribution in [1.29, 1.82) is 0 Å². The minimum atomic E-state index is 0.247. The fourth-order valence-corrected chi connectivity index (χ4v) is 4.70. The Morgan fingerprint density at radius 3 is 2.86 bits per heavy atom. The van der Waals surface area contributed by atoms with Crippen LogP contribution in [-0.4, -0.2) is 79.6 Å². The van der Waals surface area contributed by atoms with E-state index in [0.29, 0.717) is 17.9 Å². The lowest BCUT2D eigenvalue weighted by molar-refractivity contribution is -0.0203. The molecule has 0 bridgehead atoms. The van der Waals surface area contributed by atoms with Gasteiger partial charge in [-0.15, -0.1) is 0 Å². The van der Waals surface area contributed by atoms with Crippen LogP contribution in [-0.2, 0) is 9.47 Å². The molecule has 0 radical (unpaired) electrons. The monoisotopic (exact) mass is 389 g/mol. The van der Waals surface area contributed by atoms with Crippen LogP contribution in [0.15, 0.2) is 12.3 Å². The highest BCUT2D eigenvalue weighted by Crippen LogP contribution is 2.26. The van der Waals surface area contributed by atoms with E-state index in [-0.39, 0.29) is 6.10 Å². The number of nitrogens with zero attached hydrogens (tertiary/aromatic N) is 4. The lowest BCUT2D eigenvalue weighted by Gasteiger charge is -2.35. The van der Waals surface area contributed by atoms with Crippen LogP contribution in [0.25, 0.3) is 0 Å². The molecule has 0 spiro atoms. The SMILES string of the molecule is CC(C)[C@@H]1OCCC[C@H]1Nc1ccnc(N2CC[C@@H](CN3CCOCC3)C2)n1. The summed E-state index contributed by atoms with van der Waals surface area (Å²) in [7, 11) is 0. The van der Waals surface area contributed by atoms with Gasteiger partial charge in [0.2, 0.25) is 5.95 Å². The number of morpholine rings is 1. The van der Waals surface area contributed by atoms with Gasteiger partial charge in [0.05, 0.1) is 25.4 Å². The molecular formula is C21H35N5O2. The molecule has 7 heteroatoms. The summed E-state index contributed by atoms with van der Waals surface area (Å²) in [5.74, 6) is 2.96. The zero-order chi connectivity index (χ0) is 19.3. The van der Waals surface area contributed by atoms with Crippen molar-refractivity contribution < 1.29 is 9.47 Å². The van der Waals surface area contributed by atoms with Gasteiger partial charge in [-0.05, 0) is 37.2 Å². The van der Waals surface area contributed by atoms with E-state index in [1.165, 1.54) is 6.42 Å². The summed E-state index contributed by atoms with van der Waals surface area (Å²) < 4.78 is 11.5. The van der Waals surface area contributed by atoms with Crippen LogP contribution in [0, 0.1) is 11.8 Å². The van der Waals surface area contributed by atoms with Crippen molar-refractivity contribution in [2.24, 2.45) is 11.8 Å². The molecule has 156 valence electrons. The first kappa shape index (κ1) is 19.9. The zero-order valence-electron chi connectivity index (χ0n) is 17.3. The van der Waals surface area contributed by atoms with E-state index < -0.39 is 0 Å². The topological polar surface area (TPSA) is 62.8 Å². The van der Waals surface area contributed by atoms with E-state index in [9.17, 15) is 0 Å². The molecule has 1 aromatic heterocycles. The first-order valence-corrected chi connectivity index (χ1v) is 11.0. The fraction of sp³-hybridized carbons (Fsp3) is 0.810. The summed E-state index contributed by atoms with van der Waals surface area (Å²) in [6, 6.07) is 2.31. The van der Waals surface area contributed by atoms with Crippen molar-refractivity contribution in [3.63, 3.8) is 0 Å². The summed E-state index contributed by atoms with van der Waals surface area (Å²) in [5, 5.41) is 3.63.